The number of pyridine rings is 1. The Balaban J connectivity index is 2.99. The Morgan fingerprint density at radius 2 is 2.17 bits per heavy atom. The fraction of sp³-hybridized carbons (Fsp3) is 0.400. The normalized spacial score (nSPS) is 11.7. The van der Waals surface area contributed by atoms with Crippen LogP contribution in [0.3, 0.4) is 0 Å². The number of hydrogen-bond acceptors (Lipinski definition) is 4. The summed E-state index contributed by atoms with van der Waals surface area (Å²) >= 11 is 3.15. The maximum absolute atomic E-state index is 12.2. The Hall–Kier alpha value is -0.990. The highest BCUT2D eigenvalue weighted by molar-refractivity contribution is 9.10. The minimum atomic E-state index is -3.69. The number of nitrogens with zero attached hydrogens (tertiary/aromatic N) is 2. The Morgan fingerprint density at radius 1 is 1.50 bits per heavy atom. The molecule has 100 valence electrons. The minimum Gasteiger partial charge on any atom is -0.481 e. The molecule has 0 aliphatic rings. The lowest BCUT2D eigenvalue weighted by atomic mass is 10.4. The smallest absolute Gasteiger partial charge is 0.304 e. The molecule has 0 spiro atoms. The highest BCUT2D eigenvalue weighted by Crippen LogP contribution is 2.18. The summed E-state index contributed by atoms with van der Waals surface area (Å²) in [6.45, 7) is 1.81. The lowest BCUT2D eigenvalue weighted by molar-refractivity contribution is -0.137. The van der Waals surface area contributed by atoms with Gasteiger partial charge < -0.3 is 5.11 Å². The van der Waals surface area contributed by atoms with Crippen LogP contribution in [-0.2, 0) is 14.8 Å². The standard InChI is InChI=1S/C10H13BrN2O4S/c1-2-13(4-3-10(14)15)18(16,17)9-5-8(11)6-12-7-9/h5-7H,2-4H2,1H3,(H,14,15). The molecule has 8 heteroatoms. The maximum Gasteiger partial charge on any atom is 0.304 e. The molecule has 0 radical (unpaired) electrons. The van der Waals surface area contributed by atoms with Crippen molar-refractivity contribution in [1.29, 1.82) is 0 Å². The third-order valence-corrected chi connectivity index (χ3v) is 4.62. The third-order valence-electron chi connectivity index (χ3n) is 2.25. The molecule has 0 unspecified atom stereocenters. The molecule has 1 heterocycles. The van der Waals surface area contributed by atoms with Gasteiger partial charge in [-0.2, -0.15) is 4.31 Å². The molecule has 1 aromatic heterocycles. The van der Waals surface area contributed by atoms with Crippen molar-refractivity contribution in [2.24, 2.45) is 0 Å². The molecule has 0 saturated carbocycles. The molecule has 0 amide bonds. The van der Waals surface area contributed by atoms with Gasteiger partial charge in [0.15, 0.2) is 0 Å². The molecule has 0 atom stereocenters. The van der Waals surface area contributed by atoms with Crippen molar-refractivity contribution < 1.29 is 18.3 Å². The maximum atomic E-state index is 12.2. The van der Waals surface area contributed by atoms with Crippen molar-refractivity contribution in [1.82, 2.24) is 9.29 Å². The molecule has 6 nitrogen and oxygen atoms in total. The van der Waals surface area contributed by atoms with Gasteiger partial charge in [0, 0.05) is 30.0 Å². The van der Waals surface area contributed by atoms with Gasteiger partial charge in [-0.25, -0.2) is 8.42 Å². The van der Waals surface area contributed by atoms with E-state index >= 15 is 0 Å². The molecule has 1 N–H and O–H groups in total. The zero-order valence-corrected chi connectivity index (χ0v) is 12.1. The van der Waals surface area contributed by atoms with Gasteiger partial charge in [-0.1, -0.05) is 6.92 Å². The van der Waals surface area contributed by atoms with Crippen LogP contribution in [0.25, 0.3) is 0 Å². The summed E-state index contributed by atoms with van der Waals surface area (Å²) in [6.07, 6.45) is 2.49. The largest absolute Gasteiger partial charge is 0.481 e. The van der Waals surface area contributed by atoms with Crippen LogP contribution in [0.1, 0.15) is 13.3 Å². The number of carboxylic acid groups (broad SMARTS) is 1. The number of aliphatic carboxylic acids is 1. The second-order valence-electron chi connectivity index (χ2n) is 3.48. The van der Waals surface area contributed by atoms with Gasteiger partial charge >= 0.3 is 5.97 Å². The molecule has 0 bridgehead atoms. The molecule has 0 fully saturated rings. The second-order valence-corrected chi connectivity index (χ2v) is 6.33. The molecular weight excluding hydrogens is 324 g/mol. The number of hydrogen-bond donors (Lipinski definition) is 1. The number of halogens is 1. The van der Waals surface area contributed by atoms with E-state index in [-0.39, 0.29) is 24.4 Å². The van der Waals surface area contributed by atoms with E-state index in [2.05, 4.69) is 20.9 Å². The lowest BCUT2D eigenvalue weighted by Crippen LogP contribution is -2.33. The van der Waals surface area contributed by atoms with Crippen LogP contribution in [0.5, 0.6) is 0 Å². The third kappa shape index (κ3) is 3.76. The van der Waals surface area contributed by atoms with Crippen LogP contribution in [0, 0.1) is 0 Å². The fourth-order valence-corrected chi connectivity index (χ4v) is 3.31. The van der Waals surface area contributed by atoms with Gasteiger partial charge in [-0.15, -0.1) is 0 Å². The first-order valence-electron chi connectivity index (χ1n) is 5.20. The predicted octanol–water partition coefficient (Wildman–Crippen LogP) is 1.33. The molecule has 0 saturated heterocycles. The Kier molecular flexibility index (Phi) is 5.24. The highest BCUT2D eigenvalue weighted by Gasteiger charge is 2.23. The Bertz CT molecular complexity index is 532. The van der Waals surface area contributed by atoms with Crippen molar-refractivity contribution in [3.05, 3.63) is 22.9 Å². The number of carbonyl (C=O) groups is 1. The van der Waals surface area contributed by atoms with E-state index in [9.17, 15) is 13.2 Å². The summed E-state index contributed by atoms with van der Waals surface area (Å²) in [5, 5.41) is 8.60. The first kappa shape index (κ1) is 15.1. The molecule has 0 aliphatic heterocycles. The van der Waals surface area contributed by atoms with Gasteiger partial charge in [0.2, 0.25) is 10.0 Å². The van der Waals surface area contributed by atoms with Crippen LogP contribution in [0.2, 0.25) is 0 Å². The Morgan fingerprint density at radius 3 is 2.67 bits per heavy atom. The molecule has 1 rings (SSSR count). The van der Waals surface area contributed by atoms with Crippen LogP contribution in [-0.4, -0.2) is 41.9 Å². The van der Waals surface area contributed by atoms with Crippen molar-refractivity contribution in [3.63, 3.8) is 0 Å². The number of carboxylic acids is 1. The van der Waals surface area contributed by atoms with E-state index in [1.54, 1.807) is 6.92 Å². The average Bonchev–Trinajstić information content (AvgIpc) is 2.29. The lowest BCUT2D eigenvalue weighted by Gasteiger charge is -2.19. The minimum absolute atomic E-state index is 0.0455. The fourth-order valence-electron chi connectivity index (χ4n) is 1.35. The summed E-state index contributed by atoms with van der Waals surface area (Å²) in [6, 6.07) is 1.44. The zero-order chi connectivity index (χ0) is 13.8. The number of sulfonamides is 1. The van der Waals surface area contributed by atoms with E-state index in [1.165, 1.54) is 18.5 Å². The van der Waals surface area contributed by atoms with Gasteiger partial charge in [-0.3, -0.25) is 9.78 Å². The number of aromatic nitrogens is 1. The van der Waals surface area contributed by atoms with Crippen LogP contribution in [0.4, 0.5) is 0 Å². The van der Waals surface area contributed by atoms with E-state index in [1.807, 2.05) is 0 Å². The van der Waals surface area contributed by atoms with E-state index in [4.69, 9.17) is 5.11 Å². The van der Waals surface area contributed by atoms with Crippen molar-refractivity contribution >= 4 is 31.9 Å². The van der Waals surface area contributed by atoms with Crippen molar-refractivity contribution in [3.8, 4) is 0 Å². The molecule has 0 aliphatic carbocycles. The topological polar surface area (TPSA) is 87.6 Å². The van der Waals surface area contributed by atoms with Crippen molar-refractivity contribution in [2.75, 3.05) is 13.1 Å². The molecule has 18 heavy (non-hydrogen) atoms. The SMILES string of the molecule is CCN(CCC(=O)O)S(=O)(=O)c1cncc(Br)c1. The van der Waals surface area contributed by atoms with E-state index in [0.29, 0.717) is 4.47 Å². The first-order chi connectivity index (χ1) is 8.37. The predicted molar refractivity (Wildman–Crippen MR) is 68.6 cm³/mol. The quantitative estimate of drug-likeness (QED) is 0.846. The van der Waals surface area contributed by atoms with Gasteiger partial charge in [-0.05, 0) is 22.0 Å². The zero-order valence-electron chi connectivity index (χ0n) is 9.71. The average molecular weight is 337 g/mol. The monoisotopic (exact) mass is 336 g/mol. The van der Waals surface area contributed by atoms with Gasteiger partial charge in [0.1, 0.15) is 4.90 Å². The summed E-state index contributed by atoms with van der Waals surface area (Å²) in [7, 11) is -3.69. The van der Waals surface area contributed by atoms with Gasteiger partial charge in [0.25, 0.3) is 0 Å². The summed E-state index contributed by atoms with van der Waals surface area (Å²) in [4.78, 5) is 14.3. The highest BCUT2D eigenvalue weighted by atomic mass is 79.9. The summed E-state index contributed by atoms with van der Waals surface area (Å²) < 4.78 is 26.1. The first-order valence-corrected chi connectivity index (χ1v) is 7.43. The molecule has 0 aromatic carbocycles. The summed E-state index contributed by atoms with van der Waals surface area (Å²) in [5.74, 6) is -1.03. The molecule has 1 aromatic rings. The van der Waals surface area contributed by atoms with E-state index in [0.717, 1.165) is 4.31 Å². The van der Waals surface area contributed by atoms with E-state index < -0.39 is 16.0 Å². The van der Waals surface area contributed by atoms with Gasteiger partial charge in [0.05, 0.1) is 6.42 Å². The summed E-state index contributed by atoms with van der Waals surface area (Å²) in [5.41, 5.74) is 0. The second kappa shape index (κ2) is 6.26. The van der Waals surface area contributed by atoms with Crippen molar-refractivity contribution in [2.45, 2.75) is 18.2 Å². The van der Waals surface area contributed by atoms with Crippen LogP contribution < -0.4 is 0 Å². The van der Waals surface area contributed by atoms with Crippen LogP contribution >= 0.6 is 15.9 Å². The Labute approximate surface area is 114 Å². The molecular formula is C10H13BrN2O4S. The number of rotatable bonds is 6. The van der Waals surface area contributed by atoms with Crippen LogP contribution in [0.15, 0.2) is 27.8 Å².